The minimum atomic E-state index is 0.371. The van der Waals surface area contributed by atoms with E-state index in [-0.39, 0.29) is 0 Å². The summed E-state index contributed by atoms with van der Waals surface area (Å²) in [6.45, 7) is 6.70. The summed E-state index contributed by atoms with van der Waals surface area (Å²) in [5, 5.41) is 0. The van der Waals surface area contributed by atoms with E-state index in [2.05, 4.69) is 30.3 Å². The fourth-order valence-electron chi connectivity index (χ4n) is 2.39. The molecule has 0 fully saturated rings. The number of halogens is 1. The summed E-state index contributed by atoms with van der Waals surface area (Å²) in [7, 11) is 1.68. The molecule has 0 bridgehead atoms. The van der Waals surface area contributed by atoms with Gasteiger partial charge in [-0.05, 0) is 25.0 Å². The number of hydrogen-bond acceptors (Lipinski definition) is 2. The lowest BCUT2D eigenvalue weighted by Crippen LogP contribution is -2.15. The standard InChI is InChI=1S/C15H21ClN2O/c1-5-10(2)11(3)18-14-8-12(19-4)6-7-13(14)17-15(18)9-16/h6-8,10-11H,5,9H2,1-4H3. The SMILES string of the molecule is CCC(C)C(C)n1c(CCl)nc2ccc(OC)cc21. The number of alkyl halides is 1. The van der Waals surface area contributed by atoms with E-state index in [9.17, 15) is 0 Å². The topological polar surface area (TPSA) is 27.1 Å². The molecule has 0 saturated heterocycles. The van der Waals surface area contributed by atoms with Crippen LogP contribution in [-0.4, -0.2) is 16.7 Å². The van der Waals surface area contributed by atoms with E-state index in [1.54, 1.807) is 7.11 Å². The Kier molecular flexibility index (Phi) is 4.35. The van der Waals surface area contributed by atoms with Crippen LogP contribution in [0.1, 0.15) is 39.1 Å². The van der Waals surface area contributed by atoms with Gasteiger partial charge in [-0.1, -0.05) is 20.3 Å². The Morgan fingerprint density at radius 1 is 1.37 bits per heavy atom. The highest BCUT2D eigenvalue weighted by molar-refractivity contribution is 6.16. The van der Waals surface area contributed by atoms with Gasteiger partial charge in [-0.3, -0.25) is 0 Å². The molecule has 2 rings (SSSR count). The Morgan fingerprint density at radius 2 is 2.11 bits per heavy atom. The molecule has 0 aliphatic rings. The molecule has 104 valence electrons. The maximum absolute atomic E-state index is 6.05. The van der Waals surface area contributed by atoms with Crippen LogP contribution in [0.5, 0.6) is 5.75 Å². The van der Waals surface area contributed by atoms with Crippen molar-refractivity contribution in [3.63, 3.8) is 0 Å². The maximum atomic E-state index is 6.05. The molecule has 2 unspecified atom stereocenters. The van der Waals surface area contributed by atoms with Gasteiger partial charge in [0.05, 0.1) is 24.0 Å². The van der Waals surface area contributed by atoms with Crippen LogP contribution in [0.4, 0.5) is 0 Å². The zero-order valence-corrected chi connectivity index (χ0v) is 12.7. The zero-order chi connectivity index (χ0) is 14.0. The Morgan fingerprint density at radius 3 is 2.68 bits per heavy atom. The maximum Gasteiger partial charge on any atom is 0.125 e. The first-order valence-electron chi connectivity index (χ1n) is 6.73. The van der Waals surface area contributed by atoms with Crippen molar-refractivity contribution in [1.29, 1.82) is 0 Å². The van der Waals surface area contributed by atoms with E-state index < -0.39 is 0 Å². The number of aromatic nitrogens is 2. The van der Waals surface area contributed by atoms with E-state index in [0.29, 0.717) is 17.8 Å². The molecular weight excluding hydrogens is 260 g/mol. The molecule has 1 aromatic heterocycles. The third kappa shape index (κ3) is 2.57. The molecule has 1 aromatic carbocycles. The van der Waals surface area contributed by atoms with Crippen LogP contribution in [0.15, 0.2) is 18.2 Å². The Balaban J connectivity index is 2.61. The van der Waals surface area contributed by atoms with Gasteiger partial charge in [0, 0.05) is 12.1 Å². The molecule has 0 amide bonds. The molecule has 19 heavy (non-hydrogen) atoms. The number of nitrogens with zero attached hydrogens (tertiary/aromatic N) is 2. The fraction of sp³-hybridized carbons (Fsp3) is 0.533. The minimum Gasteiger partial charge on any atom is -0.497 e. The molecule has 4 heteroatoms. The van der Waals surface area contributed by atoms with Gasteiger partial charge in [-0.25, -0.2) is 4.98 Å². The predicted octanol–water partition coefficient (Wildman–Crippen LogP) is 4.39. The Labute approximate surface area is 119 Å². The van der Waals surface area contributed by atoms with Gasteiger partial charge in [-0.2, -0.15) is 0 Å². The van der Waals surface area contributed by atoms with Crippen LogP contribution < -0.4 is 4.74 Å². The average Bonchev–Trinajstić information content (AvgIpc) is 2.82. The molecule has 1 heterocycles. The second kappa shape index (κ2) is 5.83. The summed E-state index contributed by atoms with van der Waals surface area (Å²) in [6, 6.07) is 6.34. The van der Waals surface area contributed by atoms with Crippen LogP contribution in [0.3, 0.4) is 0 Å². The third-order valence-electron chi connectivity index (χ3n) is 3.96. The van der Waals surface area contributed by atoms with Crippen molar-refractivity contribution < 1.29 is 4.74 Å². The lowest BCUT2D eigenvalue weighted by molar-refractivity contribution is 0.370. The van der Waals surface area contributed by atoms with E-state index in [0.717, 1.165) is 29.0 Å². The summed E-state index contributed by atoms with van der Waals surface area (Å²) in [5.41, 5.74) is 2.08. The van der Waals surface area contributed by atoms with Crippen molar-refractivity contribution in [3.8, 4) is 5.75 Å². The molecular formula is C15H21ClN2O. The molecule has 0 radical (unpaired) electrons. The van der Waals surface area contributed by atoms with Crippen LogP contribution in [0.2, 0.25) is 0 Å². The van der Waals surface area contributed by atoms with Crippen LogP contribution >= 0.6 is 11.6 Å². The van der Waals surface area contributed by atoms with Crippen molar-refractivity contribution in [2.45, 2.75) is 39.1 Å². The molecule has 2 atom stereocenters. The van der Waals surface area contributed by atoms with E-state index in [1.807, 2.05) is 18.2 Å². The van der Waals surface area contributed by atoms with E-state index in [4.69, 9.17) is 16.3 Å². The van der Waals surface area contributed by atoms with Gasteiger partial charge >= 0.3 is 0 Å². The molecule has 0 N–H and O–H groups in total. The monoisotopic (exact) mass is 280 g/mol. The Bertz CT molecular complexity index is 565. The van der Waals surface area contributed by atoms with Crippen molar-refractivity contribution in [1.82, 2.24) is 9.55 Å². The summed E-state index contributed by atoms with van der Waals surface area (Å²) in [4.78, 5) is 4.62. The third-order valence-corrected chi connectivity index (χ3v) is 4.20. The Hall–Kier alpha value is -1.22. The van der Waals surface area contributed by atoms with E-state index in [1.165, 1.54) is 0 Å². The number of benzene rings is 1. The van der Waals surface area contributed by atoms with Crippen LogP contribution in [0, 0.1) is 5.92 Å². The van der Waals surface area contributed by atoms with Crippen LogP contribution in [-0.2, 0) is 5.88 Å². The average molecular weight is 281 g/mol. The van der Waals surface area contributed by atoms with Crippen molar-refractivity contribution in [2.75, 3.05) is 7.11 Å². The summed E-state index contributed by atoms with van der Waals surface area (Å²) in [6.07, 6.45) is 1.13. The smallest absolute Gasteiger partial charge is 0.125 e. The first-order valence-corrected chi connectivity index (χ1v) is 7.26. The second-order valence-corrected chi connectivity index (χ2v) is 5.28. The fourth-order valence-corrected chi connectivity index (χ4v) is 2.58. The number of ether oxygens (including phenoxy) is 1. The van der Waals surface area contributed by atoms with Gasteiger partial charge in [0.15, 0.2) is 0 Å². The van der Waals surface area contributed by atoms with Crippen LogP contribution in [0.25, 0.3) is 11.0 Å². The highest BCUT2D eigenvalue weighted by Crippen LogP contribution is 2.30. The van der Waals surface area contributed by atoms with Crippen molar-refractivity contribution in [2.24, 2.45) is 5.92 Å². The normalized spacial score (nSPS) is 14.6. The number of fused-ring (bicyclic) bond motifs is 1. The summed E-state index contributed by atoms with van der Waals surface area (Å²) < 4.78 is 7.56. The number of hydrogen-bond donors (Lipinski definition) is 0. The van der Waals surface area contributed by atoms with Gasteiger partial charge in [0.1, 0.15) is 11.6 Å². The lowest BCUT2D eigenvalue weighted by atomic mass is 10.0. The minimum absolute atomic E-state index is 0.371. The van der Waals surface area contributed by atoms with Gasteiger partial charge in [0.2, 0.25) is 0 Å². The predicted molar refractivity (Wildman–Crippen MR) is 80.0 cm³/mol. The first kappa shape index (κ1) is 14.2. The van der Waals surface area contributed by atoms with Gasteiger partial charge in [-0.15, -0.1) is 11.6 Å². The number of imidazole rings is 1. The van der Waals surface area contributed by atoms with Gasteiger partial charge in [0.25, 0.3) is 0 Å². The van der Waals surface area contributed by atoms with Crippen molar-refractivity contribution >= 4 is 22.6 Å². The van der Waals surface area contributed by atoms with Gasteiger partial charge < -0.3 is 9.30 Å². The second-order valence-electron chi connectivity index (χ2n) is 5.01. The van der Waals surface area contributed by atoms with E-state index >= 15 is 0 Å². The lowest BCUT2D eigenvalue weighted by Gasteiger charge is -2.22. The molecule has 0 aliphatic carbocycles. The highest BCUT2D eigenvalue weighted by atomic mass is 35.5. The molecule has 0 aliphatic heterocycles. The quantitative estimate of drug-likeness (QED) is 0.760. The molecule has 0 saturated carbocycles. The first-order chi connectivity index (χ1) is 9.12. The number of methoxy groups -OCH3 is 1. The number of rotatable bonds is 5. The summed E-state index contributed by atoms with van der Waals surface area (Å²) in [5.74, 6) is 2.78. The molecule has 0 spiro atoms. The highest BCUT2D eigenvalue weighted by Gasteiger charge is 2.19. The zero-order valence-electron chi connectivity index (χ0n) is 12.0. The molecule has 3 nitrogen and oxygen atoms in total. The van der Waals surface area contributed by atoms with Crippen molar-refractivity contribution in [3.05, 3.63) is 24.0 Å². The molecule has 2 aromatic rings. The largest absolute Gasteiger partial charge is 0.497 e. The summed E-state index contributed by atoms with van der Waals surface area (Å²) >= 11 is 6.05.